The Morgan fingerprint density at radius 2 is 2.33 bits per heavy atom. The van der Waals surface area contributed by atoms with Crippen molar-refractivity contribution < 1.29 is 9.53 Å². The summed E-state index contributed by atoms with van der Waals surface area (Å²) in [6, 6.07) is 0. The summed E-state index contributed by atoms with van der Waals surface area (Å²) in [5, 5.41) is 0. The van der Waals surface area contributed by atoms with Crippen molar-refractivity contribution in [2.45, 2.75) is 26.7 Å². The minimum Gasteiger partial charge on any atom is -0.461 e. The highest BCUT2D eigenvalue weighted by atomic mass is 16.5. The summed E-state index contributed by atoms with van der Waals surface area (Å²) >= 11 is 0. The van der Waals surface area contributed by atoms with Crippen LogP contribution < -0.4 is 0 Å². The van der Waals surface area contributed by atoms with Crippen LogP contribution in [0.5, 0.6) is 0 Å². The van der Waals surface area contributed by atoms with Crippen LogP contribution in [0.3, 0.4) is 0 Å². The summed E-state index contributed by atoms with van der Waals surface area (Å²) in [6.45, 7) is 4.33. The van der Waals surface area contributed by atoms with Crippen molar-refractivity contribution in [1.29, 1.82) is 0 Å². The van der Waals surface area contributed by atoms with E-state index in [9.17, 15) is 4.79 Å². The van der Waals surface area contributed by atoms with Gasteiger partial charge in [0, 0.05) is 11.8 Å². The molecule has 0 N–H and O–H groups in total. The molecule has 82 valence electrons. The van der Waals surface area contributed by atoms with Gasteiger partial charge in [0.1, 0.15) is 6.61 Å². The van der Waals surface area contributed by atoms with Crippen LogP contribution in [0.1, 0.15) is 26.7 Å². The Balaban J connectivity index is 2.34. The zero-order valence-corrected chi connectivity index (χ0v) is 9.40. The predicted octanol–water partition coefficient (Wildman–Crippen LogP) is 3.02. The topological polar surface area (TPSA) is 26.3 Å². The molecule has 0 aromatic rings. The molecule has 2 heteroatoms. The Morgan fingerprint density at radius 3 is 2.93 bits per heavy atom. The van der Waals surface area contributed by atoms with Gasteiger partial charge >= 0.3 is 5.97 Å². The predicted molar refractivity (Wildman–Crippen MR) is 61.4 cm³/mol. The quantitative estimate of drug-likeness (QED) is 0.522. The molecule has 0 saturated heterocycles. The summed E-state index contributed by atoms with van der Waals surface area (Å²) in [5.74, 6) is -0.149. The van der Waals surface area contributed by atoms with Crippen molar-refractivity contribution in [1.82, 2.24) is 0 Å². The fourth-order valence-corrected chi connectivity index (χ4v) is 1.43. The van der Waals surface area contributed by atoms with Gasteiger partial charge in [-0.1, -0.05) is 50.3 Å². The van der Waals surface area contributed by atoms with Crippen LogP contribution in [0.4, 0.5) is 0 Å². The van der Waals surface area contributed by atoms with Gasteiger partial charge in [0.25, 0.3) is 0 Å². The van der Waals surface area contributed by atoms with E-state index in [1.54, 1.807) is 6.92 Å². The minimum absolute atomic E-state index is 0.0768. The smallest absolute Gasteiger partial charge is 0.305 e. The van der Waals surface area contributed by atoms with Crippen molar-refractivity contribution in [2.24, 2.45) is 5.41 Å². The number of allylic oxidation sites excluding steroid dienone is 5. The second kappa shape index (κ2) is 5.54. The molecule has 1 aliphatic carbocycles. The summed E-state index contributed by atoms with van der Waals surface area (Å²) in [5.41, 5.74) is 0.0768. The first-order valence-corrected chi connectivity index (χ1v) is 5.34. The van der Waals surface area contributed by atoms with E-state index in [2.05, 4.69) is 25.2 Å². The third-order valence-electron chi connectivity index (χ3n) is 2.41. The van der Waals surface area contributed by atoms with Crippen molar-refractivity contribution in [2.75, 3.05) is 6.61 Å². The number of carbonyl (C=O) groups is 1. The summed E-state index contributed by atoms with van der Waals surface area (Å²) < 4.78 is 4.96. The zero-order chi connectivity index (χ0) is 11.1. The minimum atomic E-state index is -0.149. The zero-order valence-electron chi connectivity index (χ0n) is 9.40. The Hall–Kier alpha value is -1.31. The van der Waals surface area contributed by atoms with Gasteiger partial charge < -0.3 is 4.74 Å². The number of hydrogen-bond donors (Lipinski definition) is 0. The van der Waals surface area contributed by atoms with Gasteiger partial charge in [0.15, 0.2) is 0 Å². The normalized spacial score (nSPS) is 24.7. The van der Waals surface area contributed by atoms with Crippen LogP contribution in [0.2, 0.25) is 0 Å². The number of hydrogen-bond acceptors (Lipinski definition) is 2. The molecular weight excluding hydrogens is 188 g/mol. The van der Waals surface area contributed by atoms with Crippen molar-refractivity contribution >= 4 is 5.97 Å². The summed E-state index contributed by atoms with van der Waals surface area (Å²) in [7, 11) is 0. The first-order valence-electron chi connectivity index (χ1n) is 5.34. The maximum atomic E-state index is 10.9. The second-order valence-corrected chi connectivity index (χ2v) is 3.94. The van der Waals surface area contributed by atoms with Crippen LogP contribution in [0.15, 0.2) is 36.5 Å². The second-order valence-electron chi connectivity index (χ2n) is 3.94. The van der Waals surface area contributed by atoms with E-state index in [0.29, 0.717) is 13.0 Å². The molecule has 0 saturated carbocycles. The highest BCUT2D eigenvalue weighted by molar-refractivity contribution is 5.68. The van der Waals surface area contributed by atoms with Gasteiger partial charge in [-0.25, -0.2) is 0 Å². The third-order valence-corrected chi connectivity index (χ3v) is 2.41. The molecule has 0 amide bonds. The van der Waals surface area contributed by atoms with Crippen molar-refractivity contribution in [3.05, 3.63) is 36.5 Å². The molecule has 0 aromatic carbocycles. The fraction of sp³-hybridized carbons (Fsp3) is 0.462. The van der Waals surface area contributed by atoms with Gasteiger partial charge in [0.2, 0.25) is 0 Å². The Morgan fingerprint density at radius 1 is 1.53 bits per heavy atom. The van der Waals surface area contributed by atoms with Gasteiger partial charge in [-0.15, -0.1) is 0 Å². The monoisotopic (exact) mass is 206 g/mol. The third kappa shape index (κ3) is 4.15. The van der Waals surface area contributed by atoms with E-state index in [-0.39, 0.29) is 11.4 Å². The van der Waals surface area contributed by atoms with Crippen LogP contribution in [0.25, 0.3) is 0 Å². The molecule has 0 bridgehead atoms. The average Bonchev–Trinajstić information content (AvgIpc) is 2.25. The Kier molecular flexibility index (Phi) is 4.35. The molecule has 0 spiro atoms. The van der Waals surface area contributed by atoms with Gasteiger partial charge in [-0.05, 0) is 6.42 Å². The van der Waals surface area contributed by atoms with Crippen LogP contribution in [-0.4, -0.2) is 12.6 Å². The molecule has 1 atom stereocenters. The van der Waals surface area contributed by atoms with E-state index in [1.165, 1.54) is 0 Å². The van der Waals surface area contributed by atoms with E-state index in [1.807, 2.05) is 18.2 Å². The lowest BCUT2D eigenvalue weighted by molar-refractivity contribution is -0.141. The number of carbonyl (C=O) groups excluding carboxylic acids is 1. The van der Waals surface area contributed by atoms with E-state index in [4.69, 9.17) is 4.74 Å². The Bertz CT molecular complexity index is 300. The van der Waals surface area contributed by atoms with Crippen LogP contribution in [0, 0.1) is 5.41 Å². The summed E-state index contributed by atoms with van der Waals surface area (Å²) in [4.78, 5) is 10.9. The molecule has 0 heterocycles. The van der Waals surface area contributed by atoms with E-state index in [0.717, 1.165) is 6.42 Å². The fourth-order valence-electron chi connectivity index (χ4n) is 1.43. The number of esters is 1. The first kappa shape index (κ1) is 11.8. The standard InChI is InChI=1S/C13H18O2/c1-3-12(14)15-11-7-10-13(2)8-5-4-6-9-13/h4-8,10H,3,9,11H2,1-2H3/b10-7+. The molecule has 1 aliphatic rings. The first-order chi connectivity index (χ1) is 7.16. The molecular formula is C13H18O2. The lowest BCUT2D eigenvalue weighted by Crippen LogP contribution is -2.10. The van der Waals surface area contributed by atoms with Gasteiger partial charge in [-0.2, -0.15) is 0 Å². The SMILES string of the molecule is CCC(=O)OC/C=C/C1(C)C=CC=CC1. The lowest BCUT2D eigenvalue weighted by Gasteiger charge is -2.21. The molecule has 0 radical (unpaired) electrons. The molecule has 0 aliphatic heterocycles. The Labute approximate surface area is 91.3 Å². The molecule has 1 unspecified atom stereocenters. The highest BCUT2D eigenvalue weighted by Crippen LogP contribution is 2.28. The molecule has 15 heavy (non-hydrogen) atoms. The molecule has 0 fully saturated rings. The number of rotatable bonds is 4. The van der Waals surface area contributed by atoms with Crippen molar-refractivity contribution in [3.63, 3.8) is 0 Å². The largest absolute Gasteiger partial charge is 0.461 e. The summed E-state index contributed by atoms with van der Waals surface area (Å²) in [6.07, 6.45) is 13.8. The maximum absolute atomic E-state index is 10.9. The van der Waals surface area contributed by atoms with Crippen LogP contribution >= 0.6 is 0 Å². The molecule has 1 rings (SSSR count). The van der Waals surface area contributed by atoms with Gasteiger partial charge in [-0.3, -0.25) is 4.79 Å². The maximum Gasteiger partial charge on any atom is 0.305 e. The molecule has 0 aromatic heterocycles. The lowest BCUT2D eigenvalue weighted by atomic mass is 9.83. The van der Waals surface area contributed by atoms with E-state index < -0.39 is 0 Å². The van der Waals surface area contributed by atoms with E-state index >= 15 is 0 Å². The number of ether oxygens (including phenoxy) is 1. The van der Waals surface area contributed by atoms with Gasteiger partial charge in [0.05, 0.1) is 0 Å². The highest BCUT2D eigenvalue weighted by Gasteiger charge is 2.16. The average molecular weight is 206 g/mol. The van der Waals surface area contributed by atoms with Crippen LogP contribution in [-0.2, 0) is 9.53 Å². The van der Waals surface area contributed by atoms with Crippen molar-refractivity contribution in [3.8, 4) is 0 Å². The molecule has 2 nitrogen and oxygen atoms in total.